The van der Waals surface area contributed by atoms with E-state index < -0.39 is 0 Å². The fourth-order valence-electron chi connectivity index (χ4n) is 1.68. The summed E-state index contributed by atoms with van der Waals surface area (Å²) in [6.45, 7) is 2.77. The van der Waals surface area contributed by atoms with Gasteiger partial charge in [-0.15, -0.1) is 0 Å². The Labute approximate surface area is 72.2 Å². The van der Waals surface area contributed by atoms with Gasteiger partial charge in [-0.2, -0.15) is 0 Å². The van der Waals surface area contributed by atoms with Crippen molar-refractivity contribution in [3.63, 3.8) is 0 Å². The molecular weight excluding hydrogens is 150 g/mol. The molecule has 2 N–H and O–H groups in total. The van der Waals surface area contributed by atoms with E-state index in [1.807, 2.05) is 12.4 Å². The van der Waals surface area contributed by atoms with Crippen LogP contribution >= 0.6 is 0 Å². The maximum absolute atomic E-state index is 5.51. The second-order valence-corrected chi connectivity index (χ2v) is 3.03. The molecule has 0 aromatic carbocycles. The second-order valence-electron chi connectivity index (χ2n) is 3.03. The molecule has 0 saturated heterocycles. The minimum atomic E-state index is 0.724. The van der Waals surface area contributed by atoms with Crippen LogP contribution in [0.2, 0.25) is 0 Å². The average Bonchev–Trinajstić information content (AvgIpc) is 2.50. The van der Waals surface area contributed by atoms with Crippen LogP contribution in [0.4, 0.5) is 5.69 Å². The molecule has 1 aliphatic heterocycles. The molecule has 2 heterocycles. The third-order valence-electron chi connectivity index (χ3n) is 2.27. The average molecular weight is 163 g/mol. The van der Waals surface area contributed by atoms with E-state index in [-0.39, 0.29) is 0 Å². The molecule has 3 nitrogen and oxygen atoms in total. The Morgan fingerprint density at radius 1 is 1.58 bits per heavy atom. The van der Waals surface area contributed by atoms with Gasteiger partial charge >= 0.3 is 0 Å². The Kier molecular flexibility index (Phi) is 1.96. The van der Waals surface area contributed by atoms with Crippen LogP contribution in [0, 0.1) is 0 Å². The summed E-state index contributed by atoms with van der Waals surface area (Å²) in [6.07, 6.45) is 4.91. The maximum atomic E-state index is 5.51. The van der Waals surface area contributed by atoms with Gasteiger partial charge in [0.05, 0.1) is 0 Å². The molecule has 12 heavy (non-hydrogen) atoms. The third-order valence-corrected chi connectivity index (χ3v) is 2.27. The normalized spacial score (nSPS) is 14.9. The lowest BCUT2D eigenvalue weighted by atomic mass is 10.2. The molecule has 1 aliphatic rings. The van der Waals surface area contributed by atoms with Gasteiger partial charge in [0, 0.05) is 37.7 Å². The highest BCUT2D eigenvalue weighted by Gasteiger charge is 2.17. The van der Waals surface area contributed by atoms with Crippen molar-refractivity contribution in [1.82, 2.24) is 4.98 Å². The van der Waals surface area contributed by atoms with Gasteiger partial charge in [0.2, 0.25) is 0 Å². The summed E-state index contributed by atoms with van der Waals surface area (Å²) in [5.41, 5.74) is 8.18. The highest BCUT2D eigenvalue weighted by Crippen LogP contribution is 2.25. The molecule has 3 heteroatoms. The molecule has 0 amide bonds. The van der Waals surface area contributed by atoms with E-state index >= 15 is 0 Å². The number of rotatable bonds is 2. The van der Waals surface area contributed by atoms with E-state index in [1.165, 1.54) is 11.3 Å². The van der Waals surface area contributed by atoms with Crippen molar-refractivity contribution in [2.45, 2.75) is 6.42 Å². The second kappa shape index (κ2) is 3.11. The van der Waals surface area contributed by atoms with E-state index in [9.17, 15) is 0 Å². The molecule has 0 fully saturated rings. The van der Waals surface area contributed by atoms with Crippen LogP contribution < -0.4 is 10.6 Å². The zero-order valence-corrected chi connectivity index (χ0v) is 7.03. The smallest absolute Gasteiger partial charge is 0.0430 e. The summed E-state index contributed by atoms with van der Waals surface area (Å²) in [7, 11) is 0. The molecule has 1 aromatic rings. The quantitative estimate of drug-likeness (QED) is 0.686. The van der Waals surface area contributed by atoms with Crippen LogP contribution in [0.1, 0.15) is 5.56 Å². The summed E-state index contributed by atoms with van der Waals surface area (Å²) in [4.78, 5) is 6.41. The van der Waals surface area contributed by atoms with E-state index in [0.717, 1.165) is 26.1 Å². The molecule has 64 valence electrons. The first-order chi connectivity index (χ1) is 5.92. The van der Waals surface area contributed by atoms with Gasteiger partial charge in [0.1, 0.15) is 0 Å². The Balaban J connectivity index is 2.24. The van der Waals surface area contributed by atoms with E-state index in [0.29, 0.717) is 0 Å². The summed E-state index contributed by atoms with van der Waals surface area (Å²) in [5.74, 6) is 0. The number of hydrogen-bond donors (Lipinski definition) is 1. The lowest BCUT2D eigenvalue weighted by Crippen LogP contribution is -2.27. The predicted molar refractivity (Wildman–Crippen MR) is 49.2 cm³/mol. The van der Waals surface area contributed by atoms with Crippen molar-refractivity contribution in [3.8, 4) is 0 Å². The van der Waals surface area contributed by atoms with Gasteiger partial charge < -0.3 is 10.6 Å². The largest absolute Gasteiger partial charge is 0.370 e. The standard InChI is InChI=1S/C9H13N3/c10-3-6-12-5-2-8-7-11-4-1-9(8)12/h1,4,7H,2-3,5-6,10H2. The summed E-state index contributed by atoms with van der Waals surface area (Å²) >= 11 is 0. The van der Waals surface area contributed by atoms with Crippen LogP contribution in [-0.4, -0.2) is 24.6 Å². The zero-order valence-electron chi connectivity index (χ0n) is 7.03. The molecule has 0 saturated carbocycles. The first kappa shape index (κ1) is 7.55. The fraction of sp³-hybridized carbons (Fsp3) is 0.444. The molecule has 0 radical (unpaired) electrons. The van der Waals surface area contributed by atoms with Crippen molar-refractivity contribution >= 4 is 5.69 Å². The van der Waals surface area contributed by atoms with E-state index in [4.69, 9.17) is 5.73 Å². The Bertz CT molecular complexity index is 270. The van der Waals surface area contributed by atoms with E-state index in [2.05, 4.69) is 16.0 Å². The minimum absolute atomic E-state index is 0.724. The lowest BCUT2D eigenvalue weighted by molar-refractivity contribution is 0.821. The Hall–Kier alpha value is -1.09. The van der Waals surface area contributed by atoms with E-state index in [1.54, 1.807) is 0 Å². The van der Waals surface area contributed by atoms with Crippen LogP contribution in [0.15, 0.2) is 18.5 Å². The number of aromatic nitrogens is 1. The number of fused-ring (bicyclic) bond motifs is 1. The third kappa shape index (κ3) is 1.16. The van der Waals surface area contributed by atoms with Gasteiger partial charge in [0.15, 0.2) is 0 Å². The molecular formula is C9H13N3. The van der Waals surface area contributed by atoms with Crippen LogP contribution in [-0.2, 0) is 6.42 Å². The number of pyridine rings is 1. The van der Waals surface area contributed by atoms with Crippen molar-refractivity contribution in [1.29, 1.82) is 0 Å². The molecule has 0 spiro atoms. The van der Waals surface area contributed by atoms with Crippen molar-refractivity contribution in [2.75, 3.05) is 24.5 Å². The number of hydrogen-bond acceptors (Lipinski definition) is 3. The van der Waals surface area contributed by atoms with Gasteiger partial charge in [-0.1, -0.05) is 0 Å². The molecule has 2 rings (SSSR count). The van der Waals surface area contributed by atoms with Crippen molar-refractivity contribution in [2.24, 2.45) is 5.73 Å². The molecule has 0 unspecified atom stereocenters. The van der Waals surface area contributed by atoms with Crippen LogP contribution in [0.5, 0.6) is 0 Å². The Morgan fingerprint density at radius 3 is 3.33 bits per heavy atom. The summed E-state index contributed by atoms with van der Waals surface area (Å²) in [5, 5.41) is 0. The van der Waals surface area contributed by atoms with Crippen LogP contribution in [0.3, 0.4) is 0 Å². The SMILES string of the molecule is NCCN1CCc2cnccc21. The van der Waals surface area contributed by atoms with Crippen molar-refractivity contribution in [3.05, 3.63) is 24.0 Å². The topological polar surface area (TPSA) is 42.1 Å². The molecule has 0 aliphatic carbocycles. The molecule has 0 atom stereocenters. The Morgan fingerprint density at radius 2 is 2.50 bits per heavy atom. The van der Waals surface area contributed by atoms with Crippen molar-refractivity contribution < 1.29 is 0 Å². The molecule has 1 aromatic heterocycles. The van der Waals surface area contributed by atoms with Gasteiger partial charge in [-0.25, -0.2) is 0 Å². The fourth-order valence-corrected chi connectivity index (χ4v) is 1.68. The van der Waals surface area contributed by atoms with Gasteiger partial charge in [0.25, 0.3) is 0 Å². The summed E-state index contributed by atoms with van der Waals surface area (Å²) in [6, 6.07) is 2.07. The zero-order chi connectivity index (χ0) is 8.39. The first-order valence-corrected chi connectivity index (χ1v) is 4.29. The predicted octanol–water partition coefficient (Wildman–Crippen LogP) is 0.403. The maximum Gasteiger partial charge on any atom is 0.0430 e. The highest BCUT2D eigenvalue weighted by molar-refractivity contribution is 5.56. The molecule has 0 bridgehead atoms. The minimum Gasteiger partial charge on any atom is -0.370 e. The van der Waals surface area contributed by atoms with Gasteiger partial charge in [-0.3, -0.25) is 4.98 Å². The van der Waals surface area contributed by atoms with Gasteiger partial charge in [-0.05, 0) is 18.1 Å². The summed E-state index contributed by atoms with van der Waals surface area (Å²) < 4.78 is 0. The lowest BCUT2D eigenvalue weighted by Gasteiger charge is -2.17. The number of nitrogens with zero attached hydrogens (tertiary/aromatic N) is 2. The van der Waals surface area contributed by atoms with Crippen LogP contribution in [0.25, 0.3) is 0 Å². The number of anilines is 1. The monoisotopic (exact) mass is 163 g/mol. The number of nitrogens with two attached hydrogens (primary N) is 1. The highest BCUT2D eigenvalue weighted by atomic mass is 15.2. The first-order valence-electron chi connectivity index (χ1n) is 4.29.